The van der Waals surface area contributed by atoms with E-state index in [-0.39, 0.29) is 18.0 Å². The van der Waals surface area contributed by atoms with Gasteiger partial charge in [-0.25, -0.2) is 4.79 Å². The summed E-state index contributed by atoms with van der Waals surface area (Å²) in [5.74, 6) is 0.483. The number of hydrogen-bond donors (Lipinski definition) is 0. The van der Waals surface area contributed by atoms with Gasteiger partial charge in [0, 0.05) is 11.3 Å². The Morgan fingerprint density at radius 3 is 2.47 bits per heavy atom. The standard InChI is InChI=1S/C24H22N2O5S/c1-17-6-5-7-19(16-17)26(23-21-8-3-4-9-22(21)32(28,29)25-23)14-15-31-24(27)18-10-12-20(30-2)13-11-18/h3-13,16H,14-15H2,1-2H3. The smallest absolute Gasteiger partial charge is 0.338 e. The zero-order valence-electron chi connectivity index (χ0n) is 17.7. The van der Waals surface area contributed by atoms with Gasteiger partial charge in [-0.05, 0) is 61.0 Å². The summed E-state index contributed by atoms with van der Waals surface area (Å²) in [4.78, 5) is 14.4. The van der Waals surface area contributed by atoms with Gasteiger partial charge in [0.05, 0.1) is 19.2 Å². The molecule has 1 heterocycles. The minimum absolute atomic E-state index is 0.0417. The van der Waals surface area contributed by atoms with Gasteiger partial charge >= 0.3 is 5.97 Å². The fourth-order valence-corrected chi connectivity index (χ4v) is 4.69. The molecule has 0 saturated carbocycles. The second-order valence-electron chi connectivity index (χ2n) is 7.24. The molecule has 1 aliphatic rings. The Bertz CT molecular complexity index is 1280. The molecule has 0 spiro atoms. The predicted molar refractivity (Wildman–Crippen MR) is 122 cm³/mol. The molecular weight excluding hydrogens is 428 g/mol. The fraction of sp³-hybridized carbons (Fsp3) is 0.167. The molecule has 164 valence electrons. The summed E-state index contributed by atoms with van der Waals surface area (Å²) in [6, 6.07) is 21.0. The number of carbonyl (C=O) groups excluding carboxylic acids is 1. The molecule has 0 N–H and O–H groups in total. The van der Waals surface area contributed by atoms with Crippen LogP contribution in [-0.4, -0.2) is 40.5 Å². The number of fused-ring (bicyclic) bond motifs is 1. The first-order chi connectivity index (χ1) is 15.4. The first-order valence-corrected chi connectivity index (χ1v) is 11.4. The Morgan fingerprint density at radius 1 is 1.00 bits per heavy atom. The molecule has 0 unspecified atom stereocenters. The lowest BCUT2D eigenvalue weighted by molar-refractivity contribution is 0.0517. The van der Waals surface area contributed by atoms with E-state index < -0.39 is 16.0 Å². The number of carbonyl (C=O) groups is 1. The van der Waals surface area contributed by atoms with E-state index in [4.69, 9.17) is 9.47 Å². The van der Waals surface area contributed by atoms with E-state index in [9.17, 15) is 13.2 Å². The van der Waals surface area contributed by atoms with Gasteiger partial charge < -0.3 is 14.4 Å². The summed E-state index contributed by atoms with van der Waals surface area (Å²) in [5, 5.41) is 0. The number of methoxy groups -OCH3 is 1. The number of ether oxygens (including phenoxy) is 2. The fourth-order valence-electron chi connectivity index (χ4n) is 3.48. The summed E-state index contributed by atoms with van der Waals surface area (Å²) in [6.07, 6.45) is 0. The molecule has 8 heteroatoms. The van der Waals surface area contributed by atoms with Crippen LogP contribution in [0.15, 0.2) is 82.1 Å². The maximum absolute atomic E-state index is 12.6. The zero-order valence-corrected chi connectivity index (χ0v) is 18.5. The van der Waals surface area contributed by atoms with E-state index in [2.05, 4.69) is 4.40 Å². The van der Waals surface area contributed by atoms with Gasteiger partial charge in [-0.15, -0.1) is 4.40 Å². The molecule has 0 bridgehead atoms. The van der Waals surface area contributed by atoms with Gasteiger partial charge in [-0.2, -0.15) is 8.42 Å². The monoisotopic (exact) mass is 450 g/mol. The summed E-state index contributed by atoms with van der Waals surface area (Å²) >= 11 is 0. The molecule has 0 atom stereocenters. The number of hydrogen-bond acceptors (Lipinski definition) is 6. The molecule has 0 aliphatic carbocycles. The van der Waals surface area contributed by atoms with E-state index in [1.807, 2.05) is 31.2 Å². The van der Waals surface area contributed by atoms with Crippen LogP contribution in [0.25, 0.3) is 0 Å². The number of aryl methyl sites for hydroxylation is 1. The van der Waals surface area contributed by atoms with Crippen molar-refractivity contribution in [3.63, 3.8) is 0 Å². The topological polar surface area (TPSA) is 85.3 Å². The number of rotatable bonds is 6. The predicted octanol–water partition coefficient (Wildman–Crippen LogP) is 3.82. The van der Waals surface area contributed by atoms with Crippen LogP contribution in [0, 0.1) is 6.92 Å². The van der Waals surface area contributed by atoms with Crippen molar-refractivity contribution in [2.24, 2.45) is 4.40 Å². The molecule has 4 rings (SSSR count). The SMILES string of the molecule is COc1ccc(C(=O)OCCN(C2=NS(=O)(=O)c3ccccc32)c2cccc(C)c2)cc1. The molecule has 0 radical (unpaired) electrons. The van der Waals surface area contributed by atoms with Gasteiger partial charge in [-0.1, -0.05) is 24.3 Å². The quantitative estimate of drug-likeness (QED) is 0.531. The molecule has 3 aromatic rings. The molecule has 7 nitrogen and oxygen atoms in total. The number of benzene rings is 3. The summed E-state index contributed by atoms with van der Waals surface area (Å²) in [5.41, 5.74) is 2.70. The Kier molecular flexibility index (Phi) is 5.96. The average Bonchev–Trinajstić information content (AvgIpc) is 3.07. The third-order valence-corrected chi connectivity index (χ3v) is 6.38. The Balaban J connectivity index is 1.58. The van der Waals surface area contributed by atoms with Crippen molar-refractivity contribution in [3.05, 3.63) is 89.5 Å². The second-order valence-corrected chi connectivity index (χ2v) is 8.81. The zero-order chi connectivity index (χ0) is 22.7. The molecule has 3 aromatic carbocycles. The van der Waals surface area contributed by atoms with Crippen molar-refractivity contribution in [2.45, 2.75) is 11.8 Å². The Labute approximate surface area is 187 Å². The highest BCUT2D eigenvalue weighted by atomic mass is 32.2. The lowest BCUT2D eigenvalue weighted by atomic mass is 10.1. The highest BCUT2D eigenvalue weighted by molar-refractivity contribution is 7.90. The van der Waals surface area contributed by atoms with E-state index in [0.29, 0.717) is 22.7 Å². The van der Waals surface area contributed by atoms with Gasteiger partial charge in [0.1, 0.15) is 17.3 Å². The van der Waals surface area contributed by atoms with Gasteiger partial charge in [0.2, 0.25) is 0 Å². The summed E-state index contributed by atoms with van der Waals surface area (Å²) in [6.45, 7) is 2.22. The maximum Gasteiger partial charge on any atom is 0.338 e. The number of sulfonamides is 1. The van der Waals surface area contributed by atoms with Crippen LogP contribution in [0.1, 0.15) is 21.5 Å². The summed E-state index contributed by atoms with van der Waals surface area (Å²) in [7, 11) is -2.23. The highest BCUT2D eigenvalue weighted by Gasteiger charge is 2.32. The van der Waals surface area contributed by atoms with Crippen LogP contribution < -0.4 is 9.64 Å². The number of nitrogens with zero attached hydrogens (tertiary/aromatic N) is 2. The van der Waals surface area contributed by atoms with E-state index in [1.165, 1.54) is 0 Å². The second kappa shape index (κ2) is 8.84. The van der Waals surface area contributed by atoms with Gasteiger partial charge in [0.25, 0.3) is 10.0 Å². The Morgan fingerprint density at radius 2 is 1.75 bits per heavy atom. The minimum Gasteiger partial charge on any atom is -0.497 e. The molecular formula is C24H22N2O5S. The first kappa shape index (κ1) is 21.6. The molecule has 0 saturated heterocycles. The van der Waals surface area contributed by atoms with E-state index >= 15 is 0 Å². The lowest BCUT2D eigenvalue weighted by Gasteiger charge is -2.25. The van der Waals surface area contributed by atoms with Crippen LogP contribution in [0.3, 0.4) is 0 Å². The highest BCUT2D eigenvalue weighted by Crippen LogP contribution is 2.30. The van der Waals surface area contributed by atoms with Crippen molar-refractivity contribution >= 4 is 27.5 Å². The number of anilines is 1. The van der Waals surface area contributed by atoms with Gasteiger partial charge in [-0.3, -0.25) is 0 Å². The number of esters is 1. The molecule has 1 aliphatic heterocycles. The Hall–Kier alpha value is -3.65. The minimum atomic E-state index is -3.78. The van der Waals surface area contributed by atoms with E-state index in [1.54, 1.807) is 60.5 Å². The largest absolute Gasteiger partial charge is 0.497 e. The van der Waals surface area contributed by atoms with Gasteiger partial charge in [0.15, 0.2) is 5.84 Å². The normalized spacial score (nSPS) is 13.8. The van der Waals surface area contributed by atoms with Crippen LogP contribution in [0.4, 0.5) is 5.69 Å². The third-order valence-electron chi connectivity index (χ3n) is 5.06. The van der Waals surface area contributed by atoms with E-state index in [0.717, 1.165) is 11.3 Å². The molecule has 0 fully saturated rings. The summed E-state index contributed by atoms with van der Waals surface area (Å²) < 4.78 is 39.7. The third kappa shape index (κ3) is 4.36. The van der Waals surface area contributed by atoms with Crippen molar-refractivity contribution in [3.8, 4) is 5.75 Å². The maximum atomic E-state index is 12.6. The van der Waals surface area contributed by atoms with Crippen LogP contribution in [-0.2, 0) is 14.8 Å². The molecule has 0 amide bonds. The van der Waals surface area contributed by atoms with Crippen molar-refractivity contribution < 1.29 is 22.7 Å². The number of amidine groups is 1. The van der Waals surface area contributed by atoms with Crippen LogP contribution in [0.5, 0.6) is 5.75 Å². The van der Waals surface area contributed by atoms with Crippen molar-refractivity contribution in [2.75, 3.05) is 25.2 Å². The van der Waals surface area contributed by atoms with Crippen LogP contribution >= 0.6 is 0 Å². The lowest BCUT2D eigenvalue weighted by Crippen LogP contribution is -2.34. The van der Waals surface area contributed by atoms with Crippen LogP contribution in [0.2, 0.25) is 0 Å². The molecule has 32 heavy (non-hydrogen) atoms. The van der Waals surface area contributed by atoms with Crippen molar-refractivity contribution in [1.82, 2.24) is 0 Å². The van der Waals surface area contributed by atoms with Crippen molar-refractivity contribution in [1.29, 1.82) is 0 Å². The first-order valence-electron chi connectivity index (χ1n) is 9.99. The average molecular weight is 451 g/mol. The molecule has 0 aromatic heterocycles.